The summed E-state index contributed by atoms with van der Waals surface area (Å²) in [5.74, 6) is 1.78. The van der Waals surface area contributed by atoms with E-state index >= 15 is 0 Å². The molecule has 176 valence electrons. The van der Waals surface area contributed by atoms with Crippen molar-refractivity contribution in [3.8, 4) is 11.1 Å². The van der Waals surface area contributed by atoms with Crippen molar-refractivity contribution in [3.63, 3.8) is 0 Å². The Hall–Kier alpha value is -2.77. The topological polar surface area (TPSA) is 75.2 Å². The summed E-state index contributed by atoms with van der Waals surface area (Å²) in [5.41, 5.74) is 4.84. The van der Waals surface area contributed by atoms with Crippen molar-refractivity contribution in [1.82, 2.24) is 20.5 Å². The predicted octanol–water partition coefficient (Wildman–Crippen LogP) is 3.79. The Morgan fingerprint density at radius 2 is 1.94 bits per heavy atom. The molecule has 0 spiro atoms. The van der Waals surface area contributed by atoms with E-state index in [1.54, 1.807) is 0 Å². The van der Waals surface area contributed by atoms with Crippen molar-refractivity contribution in [2.45, 2.75) is 26.4 Å². The molecule has 1 aliphatic heterocycles. The van der Waals surface area contributed by atoms with E-state index < -0.39 is 0 Å². The number of aromatic nitrogens is 3. The van der Waals surface area contributed by atoms with Crippen molar-refractivity contribution in [1.29, 1.82) is 0 Å². The second-order valence-corrected chi connectivity index (χ2v) is 10.6. The van der Waals surface area contributed by atoms with Crippen LogP contribution in [-0.2, 0) is 11.3 Å². The molecule has 1 atom stereocenters. The molecule has 0 bridgehead atoms. The summed E-state index contributed by atoms with van der Waals surface area (Å²) in [7, 11) is 1.99. The normalized spacial score (nSPS) is 15.0. The quantitative estimate of drug-likeness (QED) is 0.359. The fourth-order valence-corrected chi connectivity index (χ4v) is 6.30. The summed E-state index contributed by atoms with van der Waals surface area (Å²) in [6, 6.07) is 13.3. The van der Waals surface area contributed by atoms with Gasteiger partial charge in [0, 0.05) is 0 Å². The van der Waals surface area contributed by atoms with Crippen molar-refractivity contribution in [3.05, 3.63) is 63.2 Å². The van der Waals surface area contributed by atoms with Gasteiger partial charge < -0.3 is 0 Å². The Kier molecular flexibility index (Phi) is 6.92. The molecule has 7 nitrogen and oxygen atoms in total. The number of morpholine rings is 1. The van der Waals surface area contributed by atoms with Crippen LogP contribution in [0.25, 0.3) is 21.9 Å². The average molecular weight is 522 g/mol. The van der Waals surface area contributed by atoms with E-state index in [2.05, 4.69) is 74.0 Å². The van der Waals surface area contributed by atoms with Gasteiger partial charge in [-0.25, -0.2) is 0 Å². The number of anilines is 2. The van der Waals surface area contributed by atoms with E-state index in [4.69, 9.17) is 9.72 Å². The average Bonchev–Trinajstić information content (AvgIpc) is 3.37. The standard InChI is InChI=1S/C26H30N6OSe/c1-17-23-15-28-25(32-8-10-33-11-9-32)13-22(23)26(31-30-17)29-18(2)24-12-20(16-34-24)21-7-5-4-6-19(21)14-27-3/h4-7,12-13,15-16,18,27H,8-11,14H2,1-3H3,(H,29,31). The van der Waals surface area contributed by atoms with Crippen LogP contribution in [0.2, 0.25) is 0 Å². The Bertz CT molecular complexity index is 1280. The van der Waals surface area contributed by atoms with E-state index in [0.29, 0.717) is 14.5 Å². The molecule has 34 heavy (non-hydrogen) atoms. The van der Waals surface area contributed by atoms with Gasteiger partial charge in [-0.3, -0.25) is 0 Å². The minimum absolute atomic E-state index is 0.158. The van der Waals surface area contributed by atoms with Gasteiger partial charge in [-0.05, 0) is 0 Å². The Morgan fingerprint density at radius 1 is 1.12 bits per heavy atom. The van der Waals surface area contributed by atoms with Crippen molar-refractivity contribution in [2.75, 3.05) is 43.6 Å². The SMILES string of the molecule is CNCc1ccccc1-c1c[se]c(C(C)Nc2nnc(C)c3cnc(N4CCOCC4)cc23)c1. The monoisotopic (exact) mass is 522 g/mol. The molecule has 3 aromatic heterocycles. The second kappa shape index (κ2) is 10.2. The summed E-state index contributed by atoms with van der Waals surface area (Å²) in [5, 5.41) is 18.0. The van der Waals surface area contributed by atoms with E-state index in [9.17, 15) is 0 Å². The molecule has 0 radical (unpaired) electrons. The molecule has 8 heteroatoms. The molecule has 4 heterocycles. The molecule has 1 saturated heterocycles. The van der Waals surface area contributed by atoms with Crippen molar-refractivity contribution in [2.24, 2.45) is 0 Å². The van der Waals surface area contributed by atoms with E-state index in [0.717, 1.165) is 61.0 Å². The molecular weight excluding hydrogens is 491 g/mol. The first-order chi connectivity index (χ1) is 16.6. The minimum atomic E-state index is 0.158. The van der Waals surface area contributed by atoms with Crippen LogP contribution in [0.3, 0.4) is 0 Å². The number of aryl methyl sites for hydroxylation is 1. The predicted molar refractivity (Wildman–Crippen MR) is 139 cm³/mol. The second-order valence-electron chi connectivity index (χ2n) is 8.61. The molecule has 0 amide bonds. The number of rotatable bonds is 7. The first-order valence-electron chi connectivity index (χ1n) is 11.7. The van der Waals surface area contributed by atoms with Gasteiger partial charge in [0.15, 0.2) is 0 Å². The third-order valence-electron chi connectivity index (χ3n) is 6.26. The van der Waals surface area contributed by atoms with Gasteiger partial charge >= 0.3 is 207 Å². The first kappa shape index (κ1) is 23.0. The van der Waals surface area contributed by atoms with E-state index in [-0.39, 0.29) is 6.04 Å². The molecule has 2 N–H and O–H groups in total. The number of benzene rings is 1. The van der Waals surface area contributed by atoms with Crippen LogP contribution in [0, 0.1) is 6.92 Å². The van der Waals surface area contributed by atoms with Crippen molar-refractivity contribution >= 4 is 36.9 Å². The summed E-state index contributed by atoms with van der Waals surface area (Å²) in [4.78, 5) is 9.36. The summed E-state index contributed by atoms with van der Waals surface area (Å²) in [6.07, 6.45) is 1.93. The molecule has 5 rings (SSSR count). The Balaban J connectivity index is 1.43. The molecular formula is C26H30N6OSe. The summed E-state index contributed by atoms with van der Waals surface area (Å²) >= 11 is 0.295. The number of hydrogen-bond donors (Lipinski definition) is 2. The molecule has 1 fully saturated rings. The zero-order valence-electron chi connectivity index (χ0n) is 19.8. The Labute approximate surface area is 206 Å². The van der Waals surface area contributed by atoms with E-state index in [1.807, 2.05) is 20.2 Å². The number of hydrogen-bond acceptors (Lipinski definition) is 7. The van der Waals surface area contributed by atoms with Gasteiger partial charge in [0.05, 0.1) is 0 Å². The number of fused-ring (bicyclic) bond motifs is 1. The Morgan fingerprint density at radius 3 is 2.76 bits per heavy atom. The maximum absolute atomic E-state index is 5.51. The number of pyridine rings is 1. The molecule has 0 aliphatic carbocycles. The van der Waals surface area contributed by atoms with Gasteiger partial charge in [-0.2, -0.15) is 0 Å². The summed E-state index contributed by atoms with van der Waals surface area (Å²) in [6.45, 7) is 8.24. The first-order valence-corrected chi connectivity index (χ1v) is 13.5. The van der Waals surface area contributed by atoms with Gasteiger partial charge in [0.2, 0.25) is 0 Å². The van der Waals surface area contributed by atoms with E-state index in [1.165, 1.54) is 21.1 Å². The van der Waals surface area contributed by atoms with Crippen LogP contribution in [0.15, 0.2) is 47.5 Å². The molecule has 4 aromatic rings. The van der Waals surface area contributed by atoms with Crippen LogP contribution in [-0.4, -0.2) is 63.0 Å². The fourth-order valence-electron chi connectivity index (χ4n) is 4.38. The third-order valence-corrected chi connectivity index (χ3v) is 8.60. The molecule has 0 saturated carbocycles. The molecule has 1 aliphatic rings. The van der Waals surface area contributed by atoms with Gasteiger partial charge in [-0.1, -0.05) is 0 Å². The van der Waals surface area contributed by atoms with Crippen LogP contribution in [0.1, 0.15) is 28.7 Å². The van der Waals surface area contributed by atoms with Crippen LogP contribution >= 0.6 is 0 Å². The number of nitrogens with one attached hydrogen (secondary N) is 2. The molecule has 1 aromatic carbocycles. The zero-order chi connectivity index (χ0) is 23.5. The summed E-state index contributed by atoms with van der Waals surface area (Å²) < 4.78 is 6.91. The zero-order valence-corrected chi connectivity index (χ0v) is 21.6. The third kappa shape index (κ3) is 4.72. The molecule has 1 unspecified atom stereocenters. The number of nitrogens with zero attached hydrogens (tertiary/aromatic N) is 4. The van der Waals surface area contributed by atoms with Crippen LogP contribution in [0.5, 0.6) is 0 Å². The van der Waals surface area contributed by atoms with Gasteiger partial charge in [0.25, 0.3) is 0 Å². The number of ether oxygens (including phenoxy) is 1. The fraction of sp³-hybridized carbons (Fsp3) is 0.346. The maximum atomic E-state index is 5.51. The van der Waals surface area contributed by atoms with Crippen LogP contribution < -0.4 is 15.5 Å². The van der Waals surface area contributed by atoms with Crippen LogP contribution in [0.4, 0.5) is 11.6 Å². The van der Waals surface area contributed by atoms with Crippen molar-refractivity contribution < 1.29 is 4.74 Å². The van der Waals surface area contributed by atoms with Gasteiger partial charge in [0.1, 0.15) is 0 Å². The van der Waals surface area contributed by atoms with Gasteiger partial charge in [-0.15, -0.1) is 0 Å².